The van der Waals surface area contributed by atoms with Crippen molar-refractivity contribution < 1.29 is 9.18 Å². The molecule has 0 aliphatic heterocycles. The molecule has 1 aromatic heterocycles. The standard InChI is InChI=1S/C24H19ClFN5OS/c1-16-10-12-17(13-11-16)23-29-30-24(31(23)18-6-3-2-4-7-18)33-15-22(32)28-27-14-19-20(25)8-5-9-21(19)26/h2-14H,15H2,1H3,(H,28,32)/b27-14-. The zero-order valence-corrected chi connectivity index (χ0v) is 19.1. The van der Waals surface area contributed by atoms with E-state index in [-0.39, 0.29) is 22.2 Å². The highest BCUT2D eigenvalue weighted by molar-refractivity contribution is 7.99. The molecule has 0 saturated carbocycles. The second-order valence-corrected chi connectivity index (χ2v) is 8.41. The summed E-state index contributed by atoms with van der Waals surface area (Å²) >= 11 is 7.18. The molecule has 0 fully saturated rings. The SMILES string of the molecule is Cc1ccc(-c2nnc(SCC(=O)N/N=C\c3c(F)cccc3Cl)n2-c2ccccc2)cc1. The van der Waals surface area contributed by atoms with Crippen molar-refractivity contribution >= 4 is 35.5 Å². The maximum atomic E-state index is 13.8. The Morgan fingerprint density at radius 2 is 1.85 bits per heavy atom. The number of benzene rings is 3. The maximum Gasteiger partial charge on any atom is 0.250 e. The van der Waals surface area contributed by atoms with Crippen LogP contribution in [0, 0.1) is 12.7 Å². The van der Waals surface area contributed by atoms with Gasteiger partial charge in [0.1, 0.15) is 5.82 Å². The molecule has 0 atom stereocenters. The van der Waals surface area contributed by atoms with Crippen LogP contribution in [0.3, 0.4) is 0 Å². The molecule has 6 nitrogen and oxygen atoms in total. The number of hydrogen-bond acceptors (Lipinski definition) is 5. The molecule has 4 rings (SSSR count). The fraction of sp³-hybridized carbons (Fsp3) is 0.0833. The van der Waals surface area contributed by atoms with Gasteiger partial charge < -0.3 is 0 Å². The lowest BCUT2D eigenvalue weighted by molar-refractivity contribution is -0.118. The highest BCUT2D eigenvalue weighted by Crippen LogP contribution is 2.28. The number of carbonyl (C=O) groups is 1. The number of amides is 1. The Labute approximate surface area is 199 Å². The number of thioether (sulfide) groups is 1. The normalized spacial score (nSPS) is 11.1. The maximum absolute atomic E-state index is 13.8. The minimum absolute atomic E-state index is 0.0429. The van der Waals surface area contributed by atoms with E-state index in [1.54, 1.807) is 6.07 Å². The van der Waals surface area contributed by atoms with Gasteiger partial charge in [-0.15, -0.1) is 10.2 Å². The first-order valence-electron chi connectivity index (χ1n) is 9.99. The summed E-state index contributed by atoms with van der Waals surface area (Å²) in [6.45, 7) is 2.02. The Kier molecular flexibility index (Phi) is 7.16. The highest BCUT2D eigenvalue weighted by atomic mass is 35.5. The summed E-state index contributed by atoms with van der Waals surface area (Å²) < 4.78 is 15.7. The van der Waals surface area contributed by atoms with E-state index in [1.807, 2.05) is 66.1 Å². The van der Waals surface area contributed by atoms with Gasteiger partial charge in [-0.2, -0.15) is 5.10 Å². The Hall–Kier alpha value is -3.49. The van der Waals surface area contributed by atoms with Crippen molar-refractivity contribution in [3.8, 4) is 17.1 Å². The summed E-state index contributed by atoms with van der Waals surface area (Å²) in [7, 11) is 0. The van der Waals surface area contributed by atoms with Gasteiger partial charge in [0.15, 0.2) is 11.0 Å². The third kappa shape index (κ3) is 5.47. The molecule has 0 spiro atoms. The smallest absolute Gasteiger partial charge is 0.250 e. The van der Waals surface area contributed by atoms with E-state index >= 15 is 0 Å². The third-order valence-electron chi connectivity index (χ3n) is 4.67. The zero-order valence-electron chi connectivity index (χ0n) is 17.6. The molecule has 1 amide bonds. The Morgan fingerprint density at radius 1 is 1.09 bits per heavy atom. The molecule has 9 heteroatoms. The summed E-state index contributed by atoms with van der Waals surface area (Å²) in [4.78, 5) is 12.3. The first-order valence-corrected chi connectivity index (χ1v) is 11.4. The van der Waals surface area contributed by atoms with Crippen molar-refractivity contribution in [1.82, 2.24) is 20.2 Å². The number of nitrogens with one attached hydrogen (secondary N) is 1. The van der Waals surface area contributed by atoms with Gasteiger partial charge in [-0.1, -0.05) is 77.5 Å². The fourth-order valence-corrected chi connectivity index (χ4v) is 3.98. The molecule has 1 N–H and O–H groups in total. The number of halogens is 2. The molecule has 166 valence electrons. The minimum Gasteiger partial charge on any atom is -0.272 e. The van der Waals surface area contributed by atoms with Gasteiger partial charge in [-0.05, 0) is 31.2 Å². The lowest BCUT2D eigenvalue weighted by Gasteiger charge is -2.10. The van der Waals surface area contributed by atoms with Crippen LogP contribution in [0.25, 0.3) is 17.1 Å². The molecule has 0 bridgehead atoms. The van der Waals surface area contributed by atoms with E-state index in [9.17, 15) is 9.18 Å². The fourth-order valence-electron chi connectivity index (χ4n) is 3.03. The highest BCUT2D eigenvalue weighted by Gasteiger charge is 2.17. The van der Waals surface area contributed by atoms with E-state index in [0.717, 1.165) is 16.8 Å². The van der Waals surface area contributed by atoms with Gasteiger partial charge >= 0.3 is 0 Å². The summed E-state index contributed by atoms with van der Waals surface area (Å²) in [5.74, 6) is -0.171. The Morgan fingerprint density at radius 3 is 2.58 bits per heavy atom. The second kappa shape index (κ2) is 10.4. The van der Waals surface area contributed by atoms with Crippen LogP contribution in [0.2, 0.25) is 5.02 Å². The molecule has 0 aliphatic carbocycles. The molecule has 0 radical (unpaired) electrons. The predicted molar refractivity (Wildman–Crippen MR) is 129 cm³/mol. The number of hydrazone groups is 1. The van der Waals surface area contributed by atoms with Crippen molar-refractivity contribution in [2.24, 2.45) is 5.10 Å². The van der Waals surface area contributed by atoms with E-state index < -0.39 is 5.82 Å². The predicted octanol–water partition coefficient (Wildman–Crippen LogP) is 5.28. The minimum atomic E-state index is -0.519. The zero-order chi connectivity index (χ0) is 23.2. The summed E-state index contributed by atoms with van der Waals surface area (Å²) in [6, 6.07) is 22.0. The monoisotopic (exact) mass is 479 g/mol. The average molecular weight is 480 g/mol. The molecule has 0 unspecified atom stereocenters. The van der Waals surface area contributed by atoms with E-state index in [1.165, 1.54) is 30.1 Å². The first kappa shape index (κ1) is 22.7. The van der Waals surface area contributed by atoms with Crippen molar-refractivity contribution in [3.63, 3.8) is 0 Å². The van der Waals surface area contributed by atoms with Crippen LogP contribution >= 0.6 is 23.4 Å². The van der Waals surface area contributed by atoms with Crippen molar-refractivity contribution in [1.29, 1.82) is 0 Å². The van der Waals surface area contributed by atoms with Crippen LogP contribution in [0.5, 0.6) is 0 Å². The number of rotatable bonds is 7. The molecular formula is C24H19ClFN5OS. The summed E-state index contributed by atoms with van der Waals surface area (Å²) in [6.07, 6.45) is 1.18. The lowest BCUT2D eigenvalue weighted by atomic mass is 10.1. The summed E-state index contributed by atoms with van der Waals surface area (Å²) in [5, 5.41) is 13.3. The Bertz CT molecular complexity index is 1270. The average Bonchev–Trinajstić information content (AvgIpc) is 3.24. The van der Waals surface area contributed by atoms with Crippen LogP contribution in [-0.4, -0.2) is 32.6 Å². The number of carbonyl (C=O) groups excluding carboxylic acids is 1. The van der Waals surface area contributed by atoms with Crippen molar-refractivity contribution in [3.05, 3.63) is 94.8 Å². The summed E-state index contributed by atoms with van der Waals surface area (Å²) in [5.41, 5.74) is 5.44. The molecule has 1 heterocycles. The van der Waals surface area contributed by atoms with Gasteiger partial charge in [-0.25, -0.2) is 9.82 Å². The van der Waals surface area contributed by atoms with Gasteiger partial charge in [0.05, 0.1) is 17.0 Å². The molecule has 3 aromatic carbocycles. The first-order chi connectivity index (χ1) is 16.0. The third-order valence-corrected chi connectivity index (χ3v) is 5.93. The number of hydrogen-bond donors (Lipinski definition) is 1. The quantitative estimate of drug-likeness (QED) is 0.222. The largest absolute Gasteiger partial charge is 0.272 e. The van der Waals surface area contributed by atoms with Gasteiger partial charge in [0.25, 0.3) is 5.91 Å². The lowest BCUT2D eigenvalue weighted by Crippen LogP contribution is -2.20. The topological polar surface area (TPSA) is 72.2 Å². The van der Waals surface area contributed by atoms with Gasteiger partial charge in [0, 0.05) is 16.8 Å². The van der Waals surface area contributed by atoms with Gasteiger partial charge in [-0.3, -0.25) is 9.36 Å². The Balaban J connectivity index is 1.50. The number of aromatic nitrogens is 3. The van der Waals surface area contributed by atoms with Crippen LogP contribution < -0.4 is 5.43 Å². The molecular weight excluding hydrogens is 461 g/mol. The van der Waals surface area contributed by atoms with Gasteiger partial charge in [0.2, 0.25) is 0 Å². The van der Waals surface area contributed by atoms with Crippen LogP contribution in [0.1, 0.15) is 11.1 Å². The molecule has 0 aliphatic rings. The van der Waals surface area contributed by atoms with E-state index in [2.05, 4.69) is 20.7 Å². The van der Waals surface area contributed by atoms with Crippen LogP contribution in [0.4, 0.5) is 4.39 Å². The van der Waals surface area contributed by atoms with E-state index in [4.69, 9.17) is 11.6 Å². The molecule has 33 heavy (non-hydrogen) atoms. The number of aryl methyl sites for hydroxylation is 1. The number of para-hydroxylation sites is 1. The number of nitrogens with zero attached hydrogens (tertiary/aromatic N) is 4. The van der Waals surface area contributed by atoms with Crippen LogP contribution in [0.15, 0.2) is 83.1 Å². The van der Waals surface area contributed by atoms with Crippen LogP contribution in [-0.2, 0) is 4.79 Å². The van der Waals surface area contributed by atoms with Crippen molar-refractivity contribution in [2.45, 2.75) is 12.1 Å². The second-order valence-electron chi connectivity index (χ2n) is 7.06. The van der Waals surface area contributed by atoms with E-state index in [0.29, 0.717) is 11.0 Å². The van der Waals surface area contributed by atoms with Crippen molar-refractivity contribution in [2.75, 3.05) is 5.75 Å². The molecule has 4 aromatic rings. The molecule has 0 saturated heterocycles.